The summed E-state index contributed by atoms with van der Waals surface area (Å²) in [6.07, 6.45) is 1.27. The molecule has 8 heteroatoms. The highest BCUT2D eigenvalue weighted by Gasteiger charge is 2.32. The van der Waals surface area contributed by atoms with Crippen LogP contribution in [0.25, 0.3) is 5.69 Å². The number of carbonyl (C=O) groups excluding carboxylic acids is 1. The van der Waals surface area contributed by atoms with Crippen molar-refractivity contribution in [3.8, 4) is 11.4 Å². The number of methoxy groups -OCH3 is 1. The van der Waals surface area contributed by atoms with Crippen LogP contribution in [0.4, 0.5) is 11.6 Å². The third-order valence-corrected chi connectivity index (χ3v) is 5.57. The topological polar surface area (TPSA) is 85.2 Å². The summed E-state index contributed by atoms with van der Waals surface area (Å²) in [6.45, 7) is 0. The molecule has 5 rings (SSSR count). The van der Waals surface area contributed by atoms with Gasteiger partial charge in [-0.1, -0.05) is 41.5 Å². The van der Waals surface area contributed by atoms with Gasteiger partial charge in [0, 0.05) is 11.3 Å². The molecule has 4 aromatic rings. The van der Waals surface area contributed by atoms with Gasteiger partial charge < -0.3 is 10.1 Å². The smallest absolute Gasteiger partial charge is 0.256 e. The molecule has 32 heavy (non-hydrogen) atoms. The predicted molar refractivity (Wildman–Crippen MR) is 120 cm³/mol. The fraction of sp³-hybridized carbons (Fsp3) is 0.167. The average Bonchev–Trinajstić information content (AvgIpc) is 3.34. The van der Waals surface area contributed by atoms with Gasteiger partial charge in [-0.15, -0.1) is 0 Å². The Morgan fingerprint density at radius 3 is 2.53 bits per heavy atom. The standard InChI is InChI=1S/C24H22N6O2/c1-32-20-14-12-19(13-15-20)30-24(26-27-28-30)29-21-10-6-5-7-17(21)11-16-22(29)25-23(31)18-8-3-2-4-9-18/h2-10,12-15,22H,11,16H2,1H3,(H,25,31). The average molecular weight is 426 g/mol. The zero-order valence-corrected chi connectivity index (χ0v) is 17.5. The van der Waals surface area contributed by atoms with Gasteiger partial charge in [-0.25, -0.2) is 0 Å². The lowest BCUT2D eigenvalue weighted by Gasteiger charge is -2.37. The van der Waals surface area contributed by atoms with E-state index in [1.165, 1.54) is 5.56 Å². The van der Waals surface area contributed by atoms with Crippen molar-refractivity contribution in [1.29, 1.82) is 0 Å². The second-order valence-electron chi connectivity index (χ2n) is 7.48. The van der Waals surface area contributed by atoms with E-state index >= 15 is 0 Å². The van der Waals surface area contributed by atoms with Gasteiger partial charge in [-0.2, -0.15) is 4.68 Å². The summed E-state index contributed by atoms with van der Waals surface area (Å²) < 4.78 is 6.93. The highest BCUT2D eigenvalue weighted by atomic mass is 16.5. The number of aromatic nitrogens is 4. The Morgan fingerprint density at radius 1 is 1.00 bits per heavy atom. The lowest BCUT2D eigenvalue weighted by molar-refractivity contribution is 0.0934. The van der Waals surface area contributed by atoms with E-state index in [0.29, 0.717) is 11.5 Å². The number of benzene rings is 3. The quantitative estimate of drug-likeness (QED) is 0.526. The van der Waals surface area contributed by atoms with Gasteiger partial charge in [-0.3, -0.25) is 9.69 Å². The zero-order valence-electron chi connectivity index (χ0n) is 17.5. The Balaban J connectivity index is 1.54. The van der Waals surface area contributed by atoms with Crippen molar-refractivity contribution < 1.29 is 9.53 Å². The number of hydrogen-bond acceptors (Lipinski definition) is 6. The summed E-state index contributed by atoms with van der Waals surface area (Å²) in [4.78, 5) is 15.0. The number of rotatable bonds is 5. The summed E-state index contributed by atoms with van der Waals surface area (Å²) in [5.41, 5.74) is 3.56. The van der Waals surface area contributed by atoms with Crippen LogP contribution >= 0.6 is 0 Å². The summed E-state index contributed by atoms with van der Waals surface area (Å²) in [5, 5.41) is 15.7. The number of fused-ring (bicyclic) bond motifs is 1. The molecule has 8 nitrogen and oxygen atoms in total. The van der Waals surface area contributed by atoms with Gasteiger partial charge in [0.15, 0.2) is 0 Å². The Kier molecular flexibility index (Phi) is 5.25. The van der Waals surface area contributed by atoms with Gasteiger partial charge in [0.1, 0.15) is 11.9 Å². The Hall–Kier alpha value is -4.20. The van der Waals surface area contributed by atoms with E-state index in [2.05, 4.69) is 26.9 Å². The van der Waals surface area contributed by atoms with Crippen molar-refractivity contribution in [3.63, 3.8) is 0 Å². The number of aryl methyl sites for hydroxylation is 1. The molecule has 1 aromatic heterocycles. The molecule has 0 bridgehead atoms. The molecule has 1 unspecified atom stereocenters. The molecule has 2 heterocycles. The highest BCUT2D eigenvalue weighted by molar-refractivity contribution is 5.94. The van der Waals surface area contributed by atoms with Crippen LogP contribution in [0.1, 0.15) is 22.3 Å². The first-order valence-electron chi connectivity index (χ1n) is 10.4. The number of anilines is 2. The first-order chi connectivity index (χ1) is 15.7. The minimum absolute atomic E-state index is 0.136. The monoisotopic (exact) mass is 426 g/mol. The molecule has 1 aliphatic rings. The molecule has 0 saturated carbocycles. The van der Waals surface area contributed by atoms with Crippen molar-refractivity contribution in [2.45, 2.75) is 19.0 Å². The van der Waals surface area contributed by atoms with Crippen LogP contribution < -0.4 is 15.0 Å². The number of para-hydroxylation sites is 1. The normalized spacial score (nSPS) is 15.2. The number of hydrogen-bond donors (Lipinski definition) is 1. The Bertz CT molecular complexity index is 1220. The van der Waals surface area contributed by atoms with Crippen LogP contribution in [0.5, 0.6) is 5.75 Å². The van der Waals surface area contributed by atoms with Gasteiger partial charge in [-0.05, 0) is 71.3 Å². The van der Waals surface area contributed by atoms with Crippen LogP contribution in [-0.2, 0) is 6.42 Å². The molecule has 0 radical (unpaired) electrons. The highest BCUT2D eigenvalue weighted by Crippen LogP contribution is 2.35. The molecule has 1 aliphatic heterocycles. The number of nitrogens with one attached hydrogen (secondary N) is 1. The van der Waals surface area contributed by atoms with Gasteiger partial charge in [0.2, 0.25) is 0 Å². The van der Waals surface area contributed by atoms with Crippen LogP contribution in [-0.4, -0.2) is 39.4 Å². The van der Waals surface area contributed by atoms with E-state index in [1.54, 1.807) is 23.9 Å². The summed E-state index contributed by atoms with van der Waals surface area (Å²) >= 11 is 0. The molecular formula is C24H22N6O2. The van der Waals surface area contributed by atoms with Crippen molar-refractivity contribution in [1.82, 2.24) is 25.5 Å². The molecule has 0 aliphatic carbocycles. The van der Waals surface area contributed by atoms with E-state index in [-0.39, 0.29) is 12.1 Å². The van der Waals surface area contributed by atoms with E-state index in [1.807, 2.05) is 65.6 Å². The first-order valence-corrected chi connectivity index (χ1v) is 10.4. The van der Waals surface area contributed by atoms with Crippen LogP contribution in [0.2, 0.25) is 0 Å². The first kappa shape index (κ1) is 19.7. The second-order valence-corrected chi connectivity index (χ2v) is 7.48. The molecule has 160 valence electrons. The molecule has 0 fully saturated rings. The summed E-state index contributed by atoms with van der Waals surface area (Å²) in [6, 6.07) is 24.8. The fourth-order valence-electron chi connectivity index (χ4n) is 3.98. The number of amides is 1. The minimum atomic E-state index is -0.305. The minimum Gasteiger partial charge on any atom is -0.497 e. The molecule has 1 N–H and O–H groups in total. The largest absolute Gasteiger partial charge is 0.497 e. The van der Waals surface area contributed by atoms with Gasteiger partial charge in [0.05, 0.1) is 12.8 Å². The van der Waals surface area contributed by atoms with E-state index in [4.69, 9.17) is 4.74 Å². The lowest BCUT2D eigenvalue weighted by Crippen LogP contribution is -2.49. The summed E-state index contributed by atoms with van der Waals surface area (Å²) in [7, 11) is 1.63. The Labute approximate surface area is 185 Å². The maximum absolute atomic E-state index is 13.0. The second kappa shape index (κ2) is 8.50. The molecule has 0 spiro atoms. The summed E-state index contributed by atoms with van der Waals surface area (Å²) in [5.74, 6) is 1.14. The van der Waals surface area contributed by atoms with E-state index in [9.17, 15) is 4.79 Å². The predicted octanol–water partition coefficient (Wildman–Crippen LogP) is 3.51. The van der Waals surface area contributed by atoms with Crippen molar-refractivity contribution in [2.75, 3.05) is 12.0 Å². The van der Waals surface area contributed by atoms with Crippen molar-refractivity contribution in [2.24, 2.45) is 0 Å². The molecule has 0 saturated heterocycles. The number of ether oxygens (including phenoxy) is 1. The van der Waals surface area contributed by atoms with E-state index < -0.39 is 0 Å². The van der Waals surface area contributed by atoms with Crippen LogP contribution in [0, 0.1) is 0 Å². The Morgan fingerprint density at radius 2 is 1.75 bits per heavy atom. The van der Waals surface area contributed by atoms with Crippen LogP contribution in [0.3, 0.4) is 0 Å². The third-order valence-electron chi connectivity index (χ3n) is 5.57. The fourth-order valence-corrected chi connectivity index (χ4v) is 3.98. The van der Waals surface area contributed by atoms with Crippen molar-refractivity contribution in [3.05, 3.63) is 90.0 Å². The maximum Gasteiger partial charge on any atom is 0.256 e. The third kappa shape index (κ3) is 3.66. The van der Waals surface area contributed by atoms with Crippen molar-refractivity contribution >= 4 is 17.5 Å². The molecule has 1 atom stereocenters. The SMILES string of the molecule is COc1ccc(-n2nnnc2N2c3ccccc3CCC2NC(=O)c2ccccc2)cc1. The van der Waals surface area contributed by atoms with Gasteiger partial charge in [0.25, 0.3) is 11.9 Å². The zero-order chi connectivity index (χ0) is 21.9. The number of carbonyl (C=O) groups is 1. The number of tetrazole rings is 1. The lowest BCUT2D eigenvalue weighted by atomic mass is 9.99. The molecule has 3 aromatic carbocycles. The van der Waals surface area contributed by atoms with Crippen LogP contribution in [0.15, 0.2) is 78.9 Å². The van der Waals surface area contributed by atoms with E-state index in [0.717, 1.165) is 30.0 Å². The number of nitrogens with zero attached hydrogens (tertiary/aromatic N) is 5. The molecule has 1 amide bonds. The van der Waals surface area contributed by atoms with Gasteiger partial charge >= 0.3 is 0 Å². The molecular weight excluding hydrogens is 404 g/mol. The maximum atomic E-state index is 13.0.